The molecule has 3 heterocycles. The number of aromatic nitrogens is 4. The molecule has 1 aliphatic carbocycles. The van der Waals surface area contributed by atoms with Gasteiger partial charge in [0.05, 0.1) is 21.4 Å². The first-order valence-electron chi connectivity index (χ1n) is 10.3. The van der Waals surface area contributed by atoms with Crippen molar-refractivity contribution >= 4 is 35.0 Å². The number of Topliss-reactive ketones (excluding diaryl/α,β-unsaturated/α-hetero) is 1. The van der Waals surface area contributed by atoms with Crippen LogP contribution in [-0.2, 0) is 10.3 Å². The Hall–Kier alpha value is -3.20. The zero-order chi connectivity index (χ0) is 21.6. The Morgan fingerprint density at radius 3 is 2.94 bits per heavy atom. The molecule has 2 aliphatic rings. The van der Waals surface area contributed by atoms with Crippen molar-refractivity contribution in [1.29, 1.82) is 0 Å². The number of anilines is 1. The van der Waals surface area contributed by atoms with Crippen LogP contribution >= 0.6 is 11.3 Å². The summed E-state index contributed by atoms with van der Waals surface area (Å²) in [5.41, 5.74) is 0.914. The molecule has 160 valence electrons. The van der Waals surface area contributed by atoms with Gasteiger partial charge in [0.2, 0.25) is 0 Å². The van der Waals surface area contributed by atoms with E-state index in [2.05, 4.69) is 26.0 Å². The van der Waals surface area contributed by atoms with Crippen molar-refractivity contribution in [1.82, 2.24) is 19.7 Å². The number of benzene rings is 1. The normalized spacial score (nSPS) is 17.5. The van der Waals surface area contributed by atoms with Gasteiger partial charge in [-0.25, -0.2) is 9.67 Å². The van der Waals surface area contributed by atoms with Crippen molar-refractivity contribution in [2.75, 3.05) is 18.1 Å². The minimum atomic E-state index is -0.897. The lowest BCUT2D eigenvalue weighted by Gasteiger charge is -2.31. The summed E-state index contributed by atoms with van der Waals surface area (Å²) in [6.07, 6.45) is 8.65. The van der Waals surface area contributed by atoms with Crippen molar-refractivity contribution in [2.24, 2.45) is 0 Å². The van der Waals surface area contributed by atoms with Gasteiger partial charge in [-0.15, -0.1) is 11.3 Å². The fourth-order valence-corrected chi connectivity index (χ4v) is 4.58. The number of ether oxygens (including phenoxy) is 1. The highest BCUT2D eigenvalue weighted by Gasteiger charge is 2.32. The number of nitrogens with one attached hydrogen (secondary N) is 1. The minimum Gasteiger partial charge on any atom is -0.490 e. The first-order chi connectivity index (χ1) is 14.9. The molecule has 3 aromatic rings. The molecule has 1 N–H and O–H groups in total. The SMILES string of the molecule is CC(C)(C(=O)/C=c1\[nH]c(=O)/c(=C/c2ccc3c(c2)N(C2CC2)CCO3)s1)n1cncn1. The van der Waals surface area contributed by atoms with Gasteiger partial charge in [-0.2, -0.15) is 5.10 Å². The fraction of sp³-hybridized carbons (Fsp3) is 0.364. The lowest BCUT2D eigenvalue weighted by atomic mass is 10.00. The second-order valence-corrected chi connectivity index (χ2v) is 9.42. The Morgan fingerprint density at radius 2 is 2.19 bits per heavy atom. The summed E-state index contributed by atoms with van der Waals surface area (Å²) in [4.78, 5) is 34.4. The van der Waals surface area contributed by atoms with Gasteiger partial charge in [-0.1, -0.05) is 6.07 Å². The predicted octanol–water partition coefficient (Wildman–Crippen LogP) is 1.00. The zero-order valence-electron chi connectivity index (χ0n) is 17.4. The predicted molar refractivity (Wildman–Crippen MR) is 119 cm³/mol. The molecule has 0 radical (unpaired) electrons. The van der Waals surface area contributed by atoms with Gasteiger partial charge < -0.3 is 14.6 Å². The van der Waals surface area contributed by atoms with Crippen molar-refractivity contribution < 1.29 is 9.53 Å². The zero-order valence-corrected chi connectivity index (χ0v) is 18.2. The molecule has 1 fully saturated rings. The molecule has 5 rings (SSSR count). The molecule has 0 saturated heterocycles. The van der Waals surface area contributed by atoms with E-state index in [4.69, 9.17) is 4.74 Å². The molecule has 1 saturated carbocycles. The summed E-state index contributed by atoms with van der Waals surface area (Å²) >= 11 is 1.26. The third kappa shape index (κ3) is 3.81. The summed E-state index contributed by atoms with van der Waals surface area (Å²) in [6, 6.07) is 6.60. The van der Waals surface area contributed by atoms with Crippen molar-refractivity contribution in [2.45, 2.75) is 38.3 Å². The van der Waals surface area contributed by atoms with Gasteiger partial charge in [0, 0.05) is 12.1 Å². The fourth-order valence-electron chi connectivity index (χ4n) is 3.69. The average molecular weight is 438 g/mol. The number of hydrogen-bond acceptors (Lipinski definition) is 7. The molecule has 8 nitrogen and oxygen atoms in total. The summed E-state index contributed by atoms with van der Waals surface area (Å²) in [5, 5.41) is 4.06. The largest absolute Gasteiger partial charge is 0.490 e. The smallest absolute Gasteiger partial charge is 0.266 e. The lowest BCUT2D eigenvalue weighted by Crippen LogP contribution is -2.36. The van der Waals surface area contributed by atoms with Crippen LogP contribution in [-0.4, -0.2) is 44.7 Å². The van der Waals surface area contributed by atoms with Crippen LogP contribution in [0.2, 0.25) is 0 Å². The van der Waals surface area contributed by atoms with Crippen molar-refractivity contribution in [3.8, 4) is 5.75 Å². The average Bonchev–Trinajstić information content (AvgIpc) is 3.31. The summed E-state index contributed by atoms with van der Waals surface area (Å²) in [7, 11) is 0. The van der Waals surface area contributed by atoms with Crippen LogP contribution < -0.4 is 24.4 Å². The van der Waals surface area contributed by atoms with Crippen molar-refractivity contribution in [3.05, 3.63) is 56.0 Å². The van der Waals surface area contributed by atoms with E-state index in [1.165, 1.54) is 47.6 Å². The second kappa shape index (κ2) is 7.49. The standard InChI is InChI=1S/C22H23N5O3S/c1-22(2,27-13-23-12-24-27)19(28)11-20-25-21(29)18(31-20)10-14-3-6-17-16(9-14)26(7-8-30-17)15-4-5-15/h3,6,9-13,15H,4-5,7-8H2,1-2H3,(H,25,29)/b18-10-,20-11+. The van der Waals surface area contributed by atoms with Gasteiger partial charge in [0.25, 0.3) is 5.56 Å². The number of carbonyl (C=O) groups is 1. The third-order valence-corrected chi connectivity index (χ3v) is 6.67. The number of hydrogen-bond donors (Lipinski definition) is 1. The highest BCUT2D eigenvalue weighted by molar-refractivity contribution is 7.07. The summed E-state index contributed by atoms with van der Waals surface area (Å²) < 4.78 is 8.36. The Labute approximate surface area is 182 Å². The van der Waals surface area contributed by atoms with Gasteiger partial charge in [-0.05, 0) is 50.5 Å². The third-order valence-electron chi connectivity index (χ3n) is 5.70. The van der Waals surface area contributed by atoms with Gasteiger partial charge in [-0.3, -0.25) is 9.59 Å². The number of H-pyrrole nitrogens is 1. The Morgan fingerprint density at radius 1 is 1.35 bits per heavy atom. The number of nitrogens with zero attached hydrogens (tertiary/aromatic N) is 4. The molecular formula is C22H23N5O3S. The van der Waals surface area contributed by atoms with E-state index in [0.29, 0.717) is 21.8 Å². The Bertz CT molecular complexity index is 1300. The second-order valence-electron chi connectivity index (χ2n) is 8.34. The molecule has 31 heavy (non-hydrogen) atoms. The number of rotatable bonds is 5. The molecule has 0 unspecified atom stereocenters. The Balaban J connectivity index is 1.47. The van der Waals surface area contributed by atoms with E-state index in [0.717, 1.165) is 23.5 Å². The first kappa shape index (κ1) is 19.7. The van der Waals surface area contributed by atoms with E-state index < -0.39 is 5.54 Å². The quantitative estimate of drug-likeness (QED) is 0.640. The molecule has 0 atom stereocenters. The first-order valence-corrected chi connectivity index (χ1v) is 11.1. The lowest BCUT2D eigenvalue weighted by molar-refractivity contribution is -0.120. The highest BCUT2D eigenvalue weighted by Crippen LogP contribution is 2.39. The number of thiazole rings is 1. The molecule has 0 amide bonds. The topological polar surface area (TPSA) is 93.1 Å². The number of ketones is 1. The molecule has 9 heteroatoms. The maximum Gasteiger partial charge on any atom is 0.266 e. The van der Waals surface area contributed by atoms with Gasteiger partial charge in [0.1, 0.15) is 30.5 Å². The molecule has 0 spiro atoms. The van der Waals surface area contributed by atoms with Crippen LogP contribution in [0.3, 0.4) is 0 Å². The van der Waals surface area contributed by atoms with Crippen LogP contribution in [0.5, 0.6) is 5.75 Å². The molecule has 2 aromatic heterocycles. The minimum absolute atomic E-state index is 0.173. The van der Waals surface area contributed by atoms with Crippen LogP contribution in [0.25, 0.3) is 12.2 Å². The molecule has 0 bridgehead atoms. The molecular weight excluding hydrogens is 414 g/mol. The molecule has 1 aromatic carbocycles. The molecule has 1 aliphatic heterocycles. The number of carbonyl (C=O) groups excluding carboxylic acids is 1. The van der Waals surface area contributed by atoms with Gasteiger partial charge >= 0.3 is 0 Å². The van der Waals surface area contributed by atoms with Gasteiger partial charge in [0.15, 0.2) is 5.78 Å². The number of fused-ring (bicyclic) bond motifs is 1. The van der Waals surface area contributed by atoms with E-state index in [1.807, 2.05) is 18.2 Å². The van der Waals surface area contributed by atoms with E-state index in [9.17, 15) is 9.59 Å². The van der Waals surface area contributed by atoms with Crippen LogP contribution in [0.4, 0.5) is 5.69 Å². The monoisotopic (exact) mass is 437 g/mol. The van der Waals surface area contributed by atoms with Crippen LogP contribution in [0.1, 0.15) is 32.3 Å². The van der Waals surface area contributed by atoms with E-state index in [1.54, 1.807) is 13.8 Å². The van der Waals surface area contributed by atoms with Crippen LogP contribution in [0, 0.1) is 0 Å². The van der Waals surface area contributed by atoms with Crippen molar-refractivity contribution in [3.63, 3.8) is 0 Å². The highest BCUT2D eigenvalue weighted by atomic mass is 32.1. The van der Waals surface area contributed by atoms with Crippen LogP contribution in [0.15, 0.2) is 35.6 Å². The maximum absolute atomic E-state index is 12.8. The van der Waals surface area contributed by atoms with E-state index in [-0.39, 0.29) is 11.3 Å². The summed E-state index contributed by atoms with van der Waals surface area (Å²) in [5.74, 6) is 0.721. The Kier molecular flexibility index (Phi) is 4.77. The maximum atomic E-state index is 12.8. The summed E-state index contributed by atoms with van der Waals surface area (Å²) in [6.45, 7) is 5.12. The van der Waals surface area contributed by atoms with E-state index >= 15 is 0 Å². The number of aromatic amines is 1.